The average molecular weight is 225 g/mol. The van der Waals surface area contributed by atoms with Crippen molar-refractivity contribution in [2.24, 2.45) is 5.73 Å². The van der Waals surface area contributed by atoms with Gasteiger partial charge in [0, 0.05) is 25.4 Å². The van der Waals surface area contributed by atoms with Crippen molar-refractivity contribution in [1.82, 2.24) is 9.88 Å². The van der Waals surface area contributed by atoms with Crippen LogP contribution in [0, 0.1) is 0 Å². The van der Waals surface area contributed by atoms with Crippen molar-refractivity contribution >= 4 is 11.8 Å². The van der Waals surface area contributed by atoms with Gasteiger partial charge in [0.1, 0.15) is 0 Å². The fraction of sp³-hybridized carbons (Fsp3) is 0.545. The Morgan fingerprint density at radius 1 is 1.40 bits per heavy atom. The van der Waals surface area contributed by atoms with Crippen LogP contribution in [-0.4, -0.2) is 35.5 Å². The molecular formula is C11H19N3S. The molecular weight excluding hydrogens is 206 g/mol. The number of aromatic nitrogens is 1. The Labute approximate surface area is 96.1 Å². The highest BCUT2D eigenvalue weighted by atomic mass is 32.2. The fourth-order valence-electron chi connectivity index (χ4n) is 1.33. The SMILES string of the molecule is CSCCN(C)Cc1cccc(CN)n1. The third-order valence-corrected chi connectivity index (χ3v) is 2.77. The Balaban J connectivity index is 2.48. The molecule has 0 radical (unpaired) electrons. The van der Waals surface area contributed by atoms with Crippen LogP contribution in [0.25, 0.3) is 0 Å². The molecule has 4 heteroatoms. The first kappa shape index (κ1) is 12.5. The van der Waals surface area contributed by atoms with E-state index in [0.29, 0.717) is 6.54 Å². The maximum atomic E-state index is 5.55. The molecule has 0 aliphatic carbocycles. The molecule has 1 rings (SSSR count). The molecule has 0 fully saturated rings. The van der Waals surface area contributed by atoms with Crippen LogP contribution in [0.4, 0.5) is 0 Å². The quantitative estimate of drug-likeness (QED) is 0.793. The Kier molecular flexibility index (Phi) is 5.68. The lowest BCUT2D eigenvalue weighted by molar-refractivity contribution is 0.344. The van der Waals surface area contributed by atoms with E-state index in [1.165, 1.54) is 0 Å². The summed E-state index contributed by atoms with van der Waals surface area (Å²) in [5.41, 5.74) is 7.61. The first-order chi connectivity index (χ1) is 7.26. The fourth-order valence-corrected chi connectivity index (χ4v) is 1.83. The molecule has 1 aromatic rings. The van der Waals surface area contributed by atoms with E-state index in [0.717, 1.165) is 30.2 Å². The van der Waals surface area contributed by atoms with Crippen LogP contribution in [0.1, 0.15) is 11.4 Å². The highest BCUT2D eigenvalue weighted by Crippen LogP contribution is 2.03. The van der Waals surface area contributed by atoms with Crippen molar-refractivity contribution in [2.45, 2.75) is 13.1 Å². The van der Waals surface area contributed by atoms with Crippen molar-refractivity contribution in [3.8, 4) is 0 Å². The topological polar surface area (TPSA) is 42.1 Å². The summed E-state index contributed by atoms with van der Waals surface area (Å²) < 4.78 is 0. The van der Waals surface area contributed by atoms with Gasteiger partial charge in [0.05, 0.1) is 11.4 Å². The first-order valence-corrected chi connectivity index (χ1v) is 6.48. The van der Waals surface area contributed by atoms with Gasteiger partial charge < -0.3 is 5.73 Å². The predicted octanol–water partition coefficient (Wildman–Crippen LogP) is 1.34. The van der Waals surface area contributed by atoms with E-state index in [1.807, 2.05) is 23.9 Å². The summed E-state index contributed by atoms with van der Waals surface area (Å²) in [5.74, 6) is 1.16. The van der Waals surface area contributed by atoms with Crippen LogP contribution >= 0.6 is 11.8 Å². The summed E-state index contributed by atoms with van der Waals surface area (Å²) >= 11 is 1.87. The van der Waals surface area contributed by atoms with Gasteiger partial charge in [0.15, 0.2) is 0 Å². The number of hydrogen-bond donors (Lipinski definition) is 1. The molecule has 0 aromatic carbocycles. The monoisotopic (exact) mass is 225 g/mol. The van der Waals surface area contributed by atoms with Gasteiger partial charge in [-0.05, 0) is 25.4 Å². The van der Waals surface area contributed by atoms with Gasteiger partial charge in [-0.3, -0.25) is 9.88 Å². The standard InChI is InChI=1S/C11H19N3S/c1-14(6-7-15-2)9-11-5-3-4-10(8-12)13-11/h3-5H,6-9,12H2,1-2H3. The van der Waals surface area contributed by atoms with Crippen LogP contribution in [0.3, 0.4) is 0 Å². The lowest BCUT2D eigenvalue weighted by atomic mass is 10.3. The summed E-state index contributed by atoms with van der Waals surface area (Å²) in [6, 6.07) is 6.03. The van der Waals surface area contributed by atoms with Gasteiger partial charge in [-0.2, -0.15) is 11.8 Å². The number of pyridine rings is 1. The van der Waals surface area contributed by atoms with Crippen LogP contribution < -0.4 is 5.73 Å². The van der Waals surface area contributed by atoms with E-state index in [2.05, 4.69) is 29.3 Å². The van der Waals surface area contributed by atoms with Gasteiger partial charge in [0.25, 0.3) is 0 Å². The molecule has 0 amide bonds. The summed E-state index contributed by atoms with van der Waals surface area (Å²) in [4.78, 5) is 6.74. The molecule has 2 N–H and O–H groups in total. The molecule has 0 aliphatic heterocycles. The van der Waals surface area contributed by atoms with Crippen molar-refractivity contribution in [3.63, 3.8) is 0 Å². The zero-order valence-electron chi connectivity index (χ0n) is 9.44. The molecule has 3 nitrogen and oxygen atoms in total. The van der Waals surface area contributed by atoms with Crippen molar-refractivity contribution < 1.29 is 0 Å². The van der Waals surface area contributed by atoms with Crippen molar-refractivity contribution in [1.29, 1.82) is 0 Å². The number of hydrogen-bond acceptors (Lipinski definition) is 4. The molecule has 0 atom stereocenters. The van der Waals surface area contributed by atoms with Gasteiger partial charge in [0.2, 0.25) is 0 Å². The maximum Gasteiger partial charge on any atom is 0.0547 e. The second-order valence-corrected chi connectivity index (χ2v) is 4.54. The lowest BCUT2D eigenvalue weighted by Gasteiger charge is -2.15. The minimum atomic E-state index is 0.516. The predicted molar refractivity (Wildman–Crippen MR) is 66.8 cm³/mol. The highest BCUT2D eigenvalue weighted by Gasteiger charge is 2.01. The second-order valence-electron chi connectivity index (χ2n) is 3.55. The number of nitrogens with zero attached hydrogens (tertiary/aromatic N) is 2. The minimum absolute atomic E-state index is 0.516. The summed E-state index contributed by atoms with van der Waals surface area (Å²) in [7, 11) is 2.12. The molecule has 84 valence electrons. The summed E-state index contributed by atoms with van der Waals surface area (Å²) in [6.45, 7) is 2.51. The second kappa shape index (κ2) is 6.82. The van der Waals surface area contributed by atoms with E-state index in [1.54, 1.807) is 0 Å². The van der Waals surface area contributed by atoms with Crippen molar-refractivity contribution in [2.75, 3.05) is 25.6 Å². The number of thioether (sulfide) groups is 1. The Morgan fingerprint density at radius 2 is 2.13 bits per heavy atom. The molecule has 0 saturated heterocycles. The van der Waals surface area contributed by atoms with Gasteiger partial charge in [-0.25, -0.2) is 0 Å². The van der Waals surface area contributed by atoms with Crippen molar-refractivity contribution in [3.05, 3.63) is 29.6 Å². The minimum Gasteiger partial charge on any atom is -0.325 e. The molecule has 1 heterocycles. The van der Waals surface area contributed by atoms with E-state index >= 15 is 0 Å². The third kappa shape index (κ3) is 4.64. The van der Waals surface area contributed by atoms with E-state index < -0.39 is 0 Å². The molecule has 0 spiro atoms. The average Bonchev–Trinajstić information content (AvgIpc) is 2.26. The van der Waals surface area contributed by atoms with Gasteiger partial charge in [-0.15, -0.1) is 0 Å². The normalized spacial score (nSPS) is 10.9. The molecule has 0 aliphatic rings. The lowest BCUT2D eigenvalue weighted by Crippen LogP contribution is -2.21. The zero-order chi connectivity index (χ0) is 11.1. The molecule has 0 saturated carbocycles. The Morgan fingerprint density at radius 3 is 2.80 bits per heavy atom. The number of nitrogens with two attached hydrogens (primary N) is 1. The van der Waals surface area contributed by atoms with Crippen LogP contribution in [0.15, 0.2) is 18.2 Å². The zero-order valence-corrected chi connectivity index (χ0v) is 10.3. The van der Waals surface area contributed by atoms with E-state index in [4.69, 9.17) is 5.73 Å². The third-order valence-electron chi connectivity index (χ3n) is 2.18. The van der Waals surface area contributed by atoms with E-state index in [-0.39, 0.29) is 0 Å². The molecule has 0 bridgehead atoms. The summed E-state index contributed by atoms with van der Waals surface area (Å²) in [5, 5.41) is 0. The van der Waals surface area contributed by atoms with Crippen LogP contribution in [0.2, 0.25) is 0 Å². The first-order valence-electron chi connectivity index (χ1n) is 5.08. The molecule has 1 aromatic heterocycles. The number of rotatable bonds is 6. The van der Waals surface area contributed by atoms with Gasteiger partial charge in [-0.1, -0.05) is 6.07 Å². The molecule has 0 unspecified atom stereocenters. The highest BCUT2D eigenvalue weighted by molar-refractivity contribution is 7.98. The van der Waals surface area contributed by atoms with Gasteiger partial charge >= 0.3 is 0 Å². The maximum absolute atomic E-state index is 5.55. The largest absolute Gasteiger partial charge is 0.325 e. The smallest absolute Gasteiger partial charge is 0.0547 e. The summed E-state index contributed by atoms with van der Waals surface area (Å²) in [6.07, 6.45) is 2.13. The van der Waals surface area contributed by atoms with Crippen LogP contribution in [0.5, 0.6) is 0 Å². The Bertz CT molecular complexity index is 291. The van der Waals surface area contributed by atoms with E-state index in [9.17, 15) is 0 Å². The molecule has 15 heavy (non-hydrogen) atoms. The Hall–Kier alpha value is -0.580. The van der Waals surface area contributed by atoms with Crippen LogP contribution in [-0.2, 0) is 13.1 Å².